The van der Waals surface area contributed by atoms with E-state index in [-0.39, 0.29) is 5.91 Å². The average Bonchev–Trinajstić information content (AvgIpc) is 3.39. The van der Waals surface area contributed by atoms with Gasteiger partial charge in [-0.1, -0.05) is 6.07 Å². The van der Waals surface area contributed by atoms with Crippen LogP contribution in [0.15, 0.2) is 42.9 Å². The Morgan fingerprint density at radius 3 is 2.57 bits per heavy atom. The lowest BCUT2D eigenvalue weighted by Crippen LogP contribution is -2.24. The van der Waals surface area contributed by atoms with Gasteiger partial charge < -0.3 is 4.90 Å². The van der Waals surface area contributed by atoms with Crippen LogP contribution in [-0.4, -0.2) is 44.9 Å². The number of carbonyl (C=O) groups excluding carboxylic acids is 1. The summed E-state index contributed by atoms with van der Waals surface area (Å²) in [7, 11) is 0. The van der Waals surface area contributed by atoms with Crippen molar-refractivity contribution >= 4 is 17.5 Å². The Hall–Kier alpha value is -3.29. The summed E-state index contributed by atoms with van der Waals surface area (Å²) in [6.07, 6.45) is 4.94. The quantitative estimate of drug-likeness (QED) is 0.701. The third kappa shape index (κ3) is 2.81. The molecule has 3 aromatic heterocycles. The zero-order valence-electron chi connectivity index (χ0n) is 15.4. The summed E-state index contributed by atoms with van der Waals surface area (Å²) in [5, 5.41) is 4.56. The van der Waals surface area contributed by atoms with Gasteiger partial charge in [0.25, 0.3) is 5.91 Å². The van der Waals surface area contributed by atoms with Crippen LogP contribution in [-0.2, 0) is 6.54 Å². The Morgan fingerprint density at radius 1 is 1.11 bits per heavy atom. The number of carbonyl (C=O) groups is 1. The van der Waals surface area contributed by atoms with Crippen LogP contribution >= 0.6 is 0 Å². The number of amides is 1. The van der Waals surface area contributed by atoms with E-state index in [4.69, 9.17) is 0 Å². The van der Waals surface area contributed by atoms with E-state index in [1.54, 1.807) is 28.2 Å². The van der Waals surface area contributed by atoms with Gasteiger partial charge in [-0.25, -0.2) is 19.0 Å². The fraction of sp³-hybridized carbons (Fsp3) is 0.300. The largest absolute Gasteiger partial charge is 0.354 e. The predicted molar refractivity (Wildman–Crippen MR) is 103 cm³/mol. The number of hydrogen-bond donors (Lipinski definition) is 0. The highest BCUT2D eigenvalue weighted by atomic mass is 19.1. The summed E-state index contributed by atoms with van der Waals surface area (Å²) in [5.74, 6) is 1.28. The third-order valence-corrected chi connectivity index (χ3v) is 5.20. The number of anilines is 2. The van der Waals surface area contributed by atoms with Crippen LogP contribution in [0.5, 0.6) is 0 Å². The van der Waals surface area contributed by atoms with Crippen LogP contribution in [0.25, 0.3) is 5.69 Å². The molecule has 1 fully saturated rings. The van der Waals surface area contributed by atoms with E-state index >= 15 is 0 Å². The molecule has 2 aliphatic rings. The van der Waals surface area contributed by atoms with Gasteiger partial charge in [0, 0.05) is 18.9 Å². The van der Waals surface area contributed by atoms with Gasteiger partial charge in [-0.05, 0) is 37.1 Å². The van der Waals surface area contributed by atoms with Crippen LogP contribution in [0, 0.1) is 6.92 Å². The Bertz CT molecular complexity index is 1030. The fourth-order valence-electron chi connectivity index (χ4n) is 3.64. The average molecular weight is 378 g/mol. The van der Waals surface area contributed by atoms with E-state index in [2.05, 4.69) is 15.1 Å². The van der Waals surface area contributed by atoms with Crippen molar-refractivity contribution in [3.8, 4) is 5.69 Å². The maximum absolute atomic E-state index is 13.4. The number of hydrogen-bond acceptors (Lipinski definition) is 5. The Balaban J connectivity index is 1.36. The van der Waals surface area contributed by atoms with Crippen LogP contribution in [0.1, 0.15) is 28.0 Å². The molecule has 0 aromatic carbocycles. The Kier molecular flexibility index (Phi) is 3.85. The number of aromatic nitrogens is 4. The first kappa shape index (κ1) is 16.9. The first-order valence-electron chi connectivity index (χ1n) is 9.27. The third-order valence-electron chi connectivity index (χ3n) is 5.20. The number of rotatable bonds is 3. The maximum Gasteiger partial charge on any atom is 0.263 e. The molecule has 3 aromatic rings. The van der Waals surface area contributed by atoms with Crippen molar-refractivity contribution in [1.82, 2.24) is 19.7 Å². The minimum absolute atomic E-state index is 0.103. The molecule has 8 heteroatoms. The number of pyridine rings is 2. The van der Waals surface area contributed by atoms with Crippen molar-refractivity contribution in [3.63, 3.8) is 0 Å². The summed E-state index contributed by atoms with van der Waals surface area (Å²) in [4.78, 5) is 25.1. The molecular formula is C20H19FN6O. The number of alkyl halides is 1. The van der Waals surface area contributed by atoms with Gasteiger partial charge in [-0.3, -0.25) is 9.69 Å². The van der Waals surface area contributed by atoms with E-state index in [1.165, 1.54) is 0 Å². The molecule has 0 spiro atoms. The molecule has 1 saturated heterocycles. The lowest BCUT2D eigenvalue weighted by Gasteiger charge is -2.16. The second-order valence-corrected chi connectivity index (χ2v) is 7.23. The Morgan fingerprint density at radius 2 is 1.93 bits per heavy atom. The second-order valence-electron chi connectivity index (χ2n) is 7.23. The molecule has 7 nitrogen and oxygen atoms in total. The van der Waals surface area contributed by atoms with Gasteiger partial charge in [0.05, 0.1) is 36.2 Å². The summed E-state index contributed by atoms with van der Waals surface area (Å²) in [6, 6.07) is 7.53. The van der Waals surface area contributed by atoms with Gasteiger partial charge in [-0.2, -0.15) is 5.10 Å². The fourth-order valence-corrected chi connectivity index (χ4v) is 3.64. The first-order valence-corrected chi connectivity index (χ1v) is 9.27. The van der Waals surface area contributed by atoms with Crippen molar-refractivity contribution < 1.29 is 9.18 Å². The molecule has 0 saturated carbocycles. The molecule has 28 heavy (non-hydrogen) atoms. The molecular weight excluding hydrogens is 359 g/mol. The van der Waals surface area contributed by atoms with Crippen molar-refractivity contribution in [2.45, 2.75) is 26.1 Å². The van der Waals surface area contributed by atoms with E-state index in [0.29, 0.717) is 37.4 Å². The van der Waals surface area contributed by atoms with E-state index in [0.717, 1.165) is 22.8 Å². The SMILES string of the molecule is Cc1ccc(N2Cc3nn(-c4ccc(N5CC[C@@H](F)C5)nc4)cc3C2=O)nc1. The molecule has 142 valence electrons. The second kappa shape index (κ2) is 6.40. The van der Waals surface area contributed by atoms with E-state index in [9.17, 15) is 9.18 Å². The topological polar surface area (TPSA) is 67.2 Å². The zero-order chi connectivity index (χ0) is 19.3. The minimum atomic E-state index is -0.785. The molecule has 0 bridgehead atoms. The lowest BCUT2D eigenvalue weighted by molar-refractivity contribution is 0.0995. The van der Waals surface area contributed by atoms with E-state index in [1.807, 2.05) is 36.1 Å². The van der Waals surface area contributed by atoms with Crippen molar-refractivity contribution in [2.24, 2.45) is 0 Å². The van der Waals surface area contributed by atoms with Gasteiger partial charge in [0.2, 0.25) is 0 Å². The van der Waals surface area contributed by atoms with E-state index < -0.39 is 6.17 Å². The highest BCUT2D eigenvalue weighted by Gasteiger charge is 2.32. The predicted octanol–water partition coefficient (Wildman–Crippen LogP) is 2.68. The highest BCUT2D eigenvalue weighted by molar-refractivity contribution is 6.09. The van der Waals surface area contributed by atoms with Gasteiger partial charge in [-0.15, -0.1) is 0 Å². The molecule has 1 atom stereocenters. The van der Waals surface area contributed by atoms with Crippen molar-refractivity contribution in [1.29, 1.82) is 0 Å². The molecule has 1 amide bonds. The molecule has 0 unspecified atom stereocenters. The molecule has 0 N–H and O–H groups in total. The summed E-state index contributed by atoms with van der Waals surface area (Å²) in [5.41, 5.74) is 3.11. The normalized spacial score (nSPS) is 18.8. The smallest absolute Gasteiger partial charge is 0.263 e. The van der Waals surface area contributed by atoms with Crippen LogP contribution in [0.4, 0.5) is 16.0 Å². The lowest BCUT2D eigenvalue weighted by atomic mass is 10.3. The monoisotopic (exact) mass is 378 g/mol. The Labute approximate surface area is 161 Å². The number of fused-ring (bicyclic) bond motifs is 1. The molecule has 0 radical (unpaired) electrons. The minimum Gasteiger partial charge on any atom is -0.354 e. The molecule has 2 aliphatic heterocycles. The first-order chi connectivity index (χ1) is 13.6. The maximum atomic E-state index is 13.4. The molecule has 0 aliphatic carbocycles. The summed E-state index contributed by atoms with van der Waals surface area (Å²) < 4.78 is 15.1. The molecule has 5 rings (SSSR count). The summed E-state index contributed by atoms with van der Waals surface area (Å²) in [6.45, 7) is 3.43. The van der Waals surface area contributed by atoms with Gasteiger partial charge in [0.15, 0.2) is 0 Å². The number of nitrogens with zero attached hydrogens (tertiary/aromatic N) is 6. The number of halogens is 1. The molecule has 5 heterocycles. The van der Waals surface area contributed by atoms with Gasteiger partial charge >= 0.3 is 0 Å². The van der Waals surface area contributed by atoms with Crippen molar-refractivity contribution in [3.05, 3.63) is 59.7 Å². The highest BCUT2D eigenvalue weighted by Crippen LogP contribution is 2.27. The van der Waals surface area contributed by atoms with Crippen LogP contribution in [0.2, 0.25) is 0 Å². The summed E-state index contributed by atoms with van der Waals surface area (Å²) >= 11 is 0. The van der Waals surface area contributed by atoms with Crippen molar-refractivity contribution in [2.75, 3.05) is 22.9 Å². The van der Waals surface area contributed by atoms with Crippen LogP contribution < -0.4 is 9.80 Å². The standard InChI is InChI=1S/C20H19FN6O/c1-13-2-4-19(22-8-13)26-12-17-16(20(26)28)11-27(24-17)15-3-5-18(23-9-15)25-7-6-14(21)10-25/h2-5,8-9,11,14H,6-7,10,12H2,1H3/t14-/m1/s1. The number of aryl methyl sites for hydroxylation is 1. The van der Waals surface area contributed by atoms with Crippen LogP contribution in [0.3, 0.4) is 0 Å². The zero-order valence-corrected chi connectivity index (χ0v) is 15.4. The van der Waals surface area contributed by atoms with Gasteiger partial charge in [0.1, 0.15) is 17.8 Å².